The quantitative estimate of drug-likeness (QED) is 0.874. The first-order valence-electron chi connectivity index (χ1n) is 6.63. The highest BCUT2D eigenvalue weighted by Gasteiger charge is 2.40. The van der Waals surface area contributed by atoms with E-state index in [1.807, 2.05) is 12.1 Å². The van der Waals surface area contributed by atoms with Crippen molar-refractivity contribution in [1.82, 2.24) is 4.90 Å². The van der Waals surface area contributed by atoms with Gasteiger partial charge in [-0.3, -0.25) is 4.90 Å². The fourth-order valence-corrected chi connectivity index (χ4v) is 3.22. The highest BCUT2D eigenvalue weighted by atomic mass is 16.3. The minimum atomic E-state index is 0.158. The molecule has 96 valence electrons. The second-order valence-electron chi connectivity index (χ2n) is 5.39. The lowest BCUT2D eigenvalue weighted by Crippen LogP contribution is -2.57. The van der Waals surface area contributed by atoms with Crippen LogP contribution < -0.4 is 5.73 Å². The Kier molecular flexibility index (Phi) is 3.89. The molecule has 0 radical (unpaired) electrons. The highest BCUT2D eigenvalue weighted by molar-refractivity contribution is 5.02. The summed E-state index contributed by atoms with van der Waals surface area (Å²) in [6.45, 7) is 3.94. The Hall–Kier alpha value is -0.800. The van der Waals surface area contributed by atoms with Crippen LogP contribution in [0.15, 0.2) is 22.8 Å². The number of hydrogen-bond acceptors (Lipinski definition) is 3. The third kappa shape index (κ3) is 2.40. The Morgan fingerprint density at radius 3 is 2.94 bits per heavy atom. The van der Waals surface area contributed by atoms with Crippen LogP contribution >= 0.6 is 0 Å². The van der Waals surface area contributed by atoms with Gasteiger partial charge in [0.1, 0.15) is 5.76 Å². The third-order valence-electron chi connectivity index (χ3n) is 4.50. The van der Waals surface area contributed by atoms with Gasteiger partial charge in [-0.25, -0.2) is 0 Å². The monoisotopic (exact) mass is 236 g/mol. The van der Waals surface area contributed by atoms with Crippen molar-refractivity contribution in [2.45, 2.75) is 44.7 Å². The molecule has 0 aromatic carbocycles. The van der Waals surface area contributed by atoms with Gasteiger partial charge in [0.15, 0.2) is 0 Å². The van der Waals surface area contributed by atoms with Crippen LogP contribution in [0.25, 0.3) is 0 Å². The molecule has 1 aromatic rings. The topological polar surface area (TPSA) is 42.4 Å². The summed E-state index contributed by atoms with van der Waals surface area (Å²) in [6, 6.07) is 3.98. The van der Waals surface area contributed by atoms with E-state index in [4.69, 9.17) is 10.2 Å². The number of nitrogens with zero attached hydrogens (tertiary/aromatic N) is 1. The summed E-state index contributed by atoms with van der Waals surface area (Å²) in [6.07, 6.45) is 6.88. The summed E-state index contributed by atoms with van der Waals surface area (Å²) >= 11 is 0. The molecule has 1 heterocycles. The lowest BCUT2D eigenvalue weighted by Gasteiger charge is -2.48. The Bertz CT molecular complexity index is 336. The van der Waals surface area contributed by atoms with Crippen molar-refractivity contribution in [2.24, 2.45) is 11.7 Å². The smallest absolute Gasteiger partial charge is 0.117 e. The van der Waals surface area contributed by atoms with Crippen molar-refractivity contribution in [3.8, 4) is 0 Å². The van der Waals surface area contributed by atoms with E-state index < -0.39 is 0 Å². The first kappa shape index (κ1) is 12.7. The summed E-state index contributed by atoms with van der Waals surface area (Å²) in [5, 5.41) is 0. The number of nitrogens with two attached hydrogens (primary N) is 1. The molecular formula is C14H24N2O. The highest BCUT2D eigenvalue weighted by Crippen LogP contribution is 2.37. The zero-order chi connectivity index (χ0) is 12.3. The van der Waals surface area contributed by atoms with Gasteiger partial charge in [0.2, 0.25) is 0 Å². The normalized spacial score (nSPS) is 29.8. The molecule has 1 aliphatic carbocycles. The van der Waals surface area contributed by atoms with Crippen molar-refractivity contribution in [2.75, 3.05) is 13.6 Å². The van der Waals surface area contributed by atoms with Gasteiger partial charge in [0.25, 0.3) is 0 Å². The molecular weight excluding hydrogens is 212 g/mol. The first-order valence-corrected chi connectivity index (χ1v) is 6.63. The van der Waals surface area contributed by atoms with Crippen molar-refractivity contribution in [3.63, 3.8) is 0 Å². The Morgan fingerprint density at radius 1 is 1.53 bits per heavy atom. The Morgan fingerprint density at radius 2 is 2.35 bits per heavy atom. The molecule has 1 aliphatic rings. The molecule has 3 nitrogen and oxygen atoms in total. The molecule has 0 saturated heterocycles. The van der Waals surface area contributed by atoms with Crippen LogP contribution in [-0.4, -0.2) is 24.0 Å². The van der Waals surface area contributed by atoms with E-state index in [2.05, 4.69) is 18.9 Å². The largest absolute Gasteiger partial charge is 0.468 e. The van der Waals surface area contributed by atoms with Crippen LogP contribution in [0.4, 0.5) is 0 Å². The average Bonchev–Trinajstić information content (AvgIpc) is 2.82. The molecule has 2 unspecified atom stereocenters. The first-order chi connectivity index (χ1) is 8.19. The van der Waals surface area contributed by atoms with Crippen LogP contribution in [0, 0.1) is 5.92 Å². The molecule has 2 rings (SSSR count). The molecule has 1 saturated carbocycles. The summed E-state index contributed by atoms with van der Waals surface area (Å²) in [4.78, 5) is 2.40. The van der Waals surface area contributed by atoms with E-state index in [1.54, 1.807) is 6.26 Å². The van der Waals surface area contributed by atoms with Gasteiger partial charge in [-0.2, -0.15) is 0 Å². The second kappa shape index (κ2) is 5.23. The maximum Gasteiger partial charge on any atom is 0.117 e. The van der Waals surface area contributed by atoms with Crippen molar-refractivity contribution >= 4 is 0 Å². The predicted octanol–water partition coefficient (Wildman–Crippen LogP) is 2.62. The lowest BCUT2D eigenvalue weighted by molar-refractivity contribution is 0.0235. The van der Waals surface area contributed by atoms with Crippen molar-refractivity contribution < 1.29 is 4.42 Å². The number of rotatable bonds is 4. The lowest BCUT2D eigenvalue weighted by atomic mass is 9.72. The van der Waals surface area contributed by atoms with Gasteiger partial charge in [-0.1, -0.05) is 19.8 Å². The maximum atomic E-state index is 6.09. The van der Waals surface area contributed by atoms with Crippen LogP contribution in [0.1, 0.15) is 38.4 Å². The van der Waals surface area contributed by atoms with Gasteiger partial charge >= 0.3 is 0 Å². The van der Waals surface area contributed by atoms with E-state index >= 15 is 0 Å². The van der Waals surface area contributed by atoms with E-state index in [0.717, 1.165) is 18.8 Å². The standard InChI is InChI=1S/C14H24N2O/c1-12-6-3-4-8-14(12,11-15)16(2)10-13-7-5-9-17-13/h5,7,9,12H,3-4,6,8,10-11,15H2,1-2H3. The van der Waals surface area contributed by atoms with Gasteiger partial charge in [-0.15, -0.1) is 0 Å². The van der Waals surface area contributed by atoms with Crippen molar-refractivity contribution in [1.29, 1.82) is 0 Å². The van der Waals surface area contributed by atoms with Gasteiger partial charge in [0, 0.05) is 12.1 Å². The molecule has 2 atom stereocenters. The fourth-order valence-electron chi connectivity index (χ4n) is 3.22. The molecule has 0 bridgehead atoms. The van der Waals surface area contributed by atoms with Crippen molar-refractivity contribution in [3.05, 3.63) is 24.2 Å². The zero-order valence-electron chi connectivity index (χ0n) is 11.0. The molecule has 1 fully saturated rings. The second-order valence-corrected chi connectivity index (χ2v) is 5.39. The van der Waals surface area contributed by atoms with E-state index in [9.17, 15) is 0 Å². The number of hydrogen-bond donors (Lipinski definition) is 1. The minimum Gasteiger partial charge on any atom is -0.468 e. The maximum absolute atomic E-state index is 6.09. The predicted molar refractivity (Wildman–Crippen MR) is 69.6 cm³/mol. The Labute approximate surface area is 104 Å². The van der Waals surface area contributed by atoms with E-state index in [1.165, 1.54) is 25.7 Å². The fraction of sp³-hybridized carbons (Fsp3) is 0.714. The minimum absolute atomic E-state index is 0.158. The average molecular weight is 236 g/mol. The SMILES string of the molecule is CC1CCCCC1(CN)N(C)Cc1ccco1. The zero-order valence-corrected chi connectivity index (χ0v) is 11.0. The van der Waals surface area contributed by atoms with E-state index in [0.29, 0.717) is 5.92 Å². The van der Waals surface area contributed by atoms with Gasteiger partial charge < -0.3 is 10.2 Å². The number of furan rings is 1. The summed E-state index contributed by atoms with van der Waals surface area (Å²) < 4.78 is 5.44. The summed E-state index contributed by atoms with van der Waals surface area (Å²) in [7, 11) is 2.18. The van der Waals surface area contributed by atoms with E-state index in [-0.39, 0.29) is 5.54 Å². The van der Waals surface area contributed by atoms with Gasteiger partial charge in [-0.05, 0) is 37.9 Å². The molecule has 0 spiro atoms. The molecule has 2 N–H and O–H groups in total. The van der Waals surface area contributed by atoms with Crippen LogP contribution in [0.5, 0.6) is 0 Å². The van der Waals surface area contributed by atoms with Crippen LogP contribution in [0.2, 0.25) is 0 Å². The summed E-state index contributed by atoms with van der Waals surface area (Å²) in [5.74, 6) is 1.69. The third-order valence-corrected chi connectivity index (χ3v) is 4.50. The number of likely N-dealkylation sites (N-methyl/N-ethyl adjacent to an activating group) is 1. The molecule has 0 amide bonds. The molecule has 0 aliphatic heterocycles. The molecule has 1 aromatic heterocycles. The Balaban J connectivity index is 2.10. The summed E-state index contributed by atoms with van der Waals surface area (Å²) in [5.41, 5.74) is 6.24. The molecule has 3 heteroatoms. The van der Waals surface area contributed by atoms with Gasteiger partial charge in [0.05, 0.1) is 12.8 Å². The van der Waals surface area contributed by atoms with Crippen LogP contribution in [0.3, 0.4) is 0 Å². The molecule has 17 heavy (non-hydrogen) atoms. The van der Waals surface area contributed by atoms with Crippen LogP contribution in [-0.2, 0) is 6.54 Å².